The average molecular weight is 124 g/mol. The predicted octanol–water partition coefficient (Wildman–Crippen LogP) is 1.77. The lowest BCUT2D eigenvalue weighted by atomic mass is 9.35. The largest absolute Gasteiger partial charge is 0.299 e. The van der Waals surface area contributed by atoms with Gasteiger partial charge in [-0.1, -0.05) is 6.92 Å². The van der Waals surface area contributed by atoms with E-state index in [0.29, 0.717) is 11.2 Å². The van der Waals surface area contributed by atoms with Crippen LogP contribution < -0.4 is 0 Å². The van der Waals surface area contributed by atoms with Gasteiger partial charge in [-0.15, -0.1) is 0 Å². The summed E-state index contributed by atoms with van der Waals surface area (Å²) in [6.45, 7) is 4.01. The second-order valence-corrected chi connectivity index (χ2v) is 4.18. The molecule has 0 atom stereocenters. The van der Waals surface area contributed by atoms with E-state index in [-0.39, 0.29) is 5.41 Å². The Morgan fingerprint density at radius 2 is 1.78 bits per heavy atom. The molecular weight excluding hydrogens is 112 g/mol. The normalized spacial score (nSPS) is 53.6. The first-order valence-corrected chi connectivity index (χ1v) is 3.58. The van der Waals surface area contributed by atoms with Crippen molar-refractivity contribution in [1.29, 1.82) is 0 Å². The molecule has 0 saturated heterocycles. The first kappa shape index (κ1) is 5.45. The van der Waals surface area contributed by atoms with Gasteiger partial charge in [0, 0.05) is 5.41 Å². The number of Topliss-reactive ketones (excluding diaryl/α,β-unsaturated/α-hetero) is 1. The van der Waals surface area contributed by atoms with Gasteiger partial charge >= 0.3 is 0 Å². The quantitative estimate of drug-likeness (QED) is 0.520. The van der Waals surface area contributed by atoms with Crippen LogP contribution in [0.1, 0.15) is 33.1 Å². The minimum absolute atomic E-state index is 0.189. The molecule has 3 saturated carbocycles. The fraction of sp³-hybridized carbons (Fsp3) is 0.875. The molecule has 0 radical (unpaired) electrons. The molecule has 9 heavy (non-hydrogen) atoms. The maximum Gasteiger partial charge on any atom is 0.136 e. The van der Waals surface area contributed by atoms with Crippen molar-refractivity contribution in [1.82, 2.24) is 0 Å². The Bertz CT molecular complexity index is 161. The summed E-state index contributed by atoms with van der Waals surface area (Å²) in [5, 5.41) is 0. The van der Waals surface area contributed by atoms with Crippen LogP contribution >= 0.6 is 0 Å². The fourth-order valence-corrected chi connectivity index (χ4v) is 2.67. The lowest BCUT2D eigenvalue weighted by Crippen LogP contribution is -2.63. The van der Waals surface area contributed by atoms with Crippen LogP contribution in [0.2, 0.25) is 0 Å². The van der Waals surface area contributed by atoms with Crippen LogP contribution in [-0.4, -0.2) is 5.78 Å². The smallest absolute Gasteiger partial charge is 0.136 e. The summed E-state index contributed by atoms with van der Waals surface area (Å²) in [5.74, 6) is 0.422. The summed E-state index contributed by atoms with van der Waals surface area (Å²) in [6.07, 6.45) is 3.53. The molecular formula is C8H12O. The van der Waals surface area contributed by atoms with Crippen molar-refractivity contribution < 1.29 is 4.79 Å². The highest BCUT2D eigenvalue weighted by atomic mass is 16.1. The van der Waals surface area contributed by atoms with E-state index in [2.05, 4.69) is 6.92 Å². The van der Waals surface area contributed by atoms with Gasteiger partial charge in [-0.05, 0) is 31.6 Å². The van der Waals surface area contributed by atoms with E-state index >= 15 is 0 Å². The molecule has 3 aliphatic rings. The Hall–Kier alpha value is -0.330. The number of ketones is 1. The van der Waals surface area contributed by atoms with Gasteiger partial charge in [-0.3, -0.25) is 4.79 Å². The molecule has 0 amide bonds. The van der Waals surface area contributed by atoms with E-state index in [1.165, 1.54) is 19.3 Å². The third-order valence-corrected chi connectivity index (χ3v) is 3.04. The molecule has 0 unspecified atom stereocenters. The summed E-state index contributed by atoms with van der Waals surface area (Å²) in [6, 6.07) is 0. The zero-order valence-electron chi connectivity index (χ0n) is 6.03. The Kier molecular flexibility index (Phi) is 0.662. The van der Waals surface area contributed by atoms with E-state index < -0.39 is 0 Å². The second kappa shape index (κ2) is 1.09. The molecule has 2 bridgehead atoms. The molecule has 0 N–H and O–H groups in total. The van der Waals surface area contributed by atoms with Crippen LogP contribution in [0.4, 0.5) is 0 Å². The minimum Gasteiger partial charge on any atom is -0.299 e. The van der Waals surface area contributed by atoms with Crippen molar-refractivity contribution in [2.45, 2.75) is 33.1 Å². The van der Waals surface area contributed by atoms with E-state index in [1.54, 1.807) is 6.92 Å². The Balaban J connectivity index is 2.13. The van der Waals surface area contributed by atoms with Crippen LogP contribution in [0.5, 0.6) is 0 Å². The summed E-state index contributed by atoms with van der Waals surface area (Å²) in [5.41, 5.74) is 0.778. The van der Waals surface area contributed by atoms with E-state index in [9.17, 15) is 4.79 Å². The van der Waals surface area contributed by atoms with Crippen molar-refractivity contribution in [2.24, 2.45) is 10.8 Å². The zero-order chi connectivity index (χ0) is 6.70. The van der Waals surface area contributed by atoms with Gasteiger partial charge in [-0.2, -0.15) is 0 Å². The van der Waals surface area contributed by atoms with Gasteiger partial charge in [0.05, 0.1) is 0 Å². The Labute approximate surface area is 55.4 Å². The SMILES string of the molecule is CC(=O)C12CC(C)(C1)C2. The summed E-state index contributed by atoms with van der Waals surface area (Å²) < 4.78 is 0. The predicted molar refractivity (Wildman–Crippen MR) is 35.1 cm³/mol. The third-order valence-electron chi connectivity index (χ3n) is 3.04. The van der Waals surface area contributed by atoms with Crippen LogP contribution in [0.3, 0.4) is 0 Å². The van der Waals surface area contributed by atoms with Crippen LogP contribution in [0.15, 0.2) is 0 Å². The average Bonchev–Trinajstić information content (AvgIpc) is 1.54. The van der Waals surface area contributed by atoms with Gasteiger partial charge in [0.15, 0.2) is 0 Å². The number of carbonyl (C=O) groups is 1. The lowest BCUT2D eigenvalue weighted by molar-refractivity contribution is -0.195. The van der Waals surface area contributed by atoms with Gasteiger partial charge < -0.3 is 0 Å². The Morgan fingerprint density at radius 1 is 1.33 bits per heavy atom. The molecule has 1 nitrogen and oxygen atoms in total. The molecule has 50 valence electrons. The molecule has 1 heteroatoms. The molecule has 0 heterocycles. The van der Waals surface area contributed by atoms with Crippen molar-refractivity contribution in [3.05, 3.63) is 0 Å². The number of hydrogen-bond acceptors (Lipinski definition) is 1. The second-order valence-electron chi connectivity index (χ2n) is 4.18. The van der Waals surface area contributed by atoms with Crippen molar-refractivity contribution in [3.8, 4) is 0 Å². The Morgan fingerprint density at radius 3 is 1.89 bits per heavy atom. The summed E-state index contributed by atoms with van der Waals surface area (Å²) >= 11 is 0. The molecule has 0 aliphatic heterocycles. The van der Waals surface area contributed by atoms with E-state index in [0.717, 1.165) is 0 Å². The van der Waals surface area contributed by atoms with Gasteiger partial charge in [0.25, 0.3) is 0 Å². The summed E-state index contributed by atoms with van der Waals surface area (Å²) in [7, 11) is 0. The monoisotopic (exact) mass is 124 g/mol. The maximum atomic E-state index is 10.9. The number of hydrogen-bond donors (Lipinski definition) is 0. The van der Waals surface area contributed by atoms with Gasteiger partial charge in [-0.25, -0.2) is 0 Å². The molecule has 0 aromatic heterocycles. The van der Waals surface area contributed by atoms with Crippen molar-refractivity contribution >= 4 is 5.78 Å². The molecule has 3 rings (SSSR count). The molecule has 3 aliphatic carbocycles. The van der Waals surface area contributed by atoms with Crippen molar-refractivity contribution in [2.75, 3.05) is 0 Å². The third kappa shape index (κ3) is 0.440. The van der Waals surface area contributed by atoms with Crippen LogP contribution in [0.25, 0.3) is 0 Å². The number of rotatable bonds is 1. The van der Waals surface area contributed by atoms with Crippen LogP contribution in [-0.2, 0) is 4.79 Å². The molecule has 0 aromatic rings. The number of carbonyl (C=O) groups excluding carboxylic acids is 1. The molecule has 0 aromatic carbocycles. The first-order chi connectivity index (χ1) is 4.06. The van der Waals surface area contributed by atoms with E-state index in [4.69, 9.17) is 0 Å². The lowest BCUT2D eigenvalue weighted by Gasteiger charge is -2.68. The highest BCUT2D eigenvalue weighted by Crippen LogP contribution is 2.73. The van der Waals surface area contributed by atoms with Crippen LogP contribution in [0, 0.1) is 10.8 Å². The summed E-state index contributed by atoms with van der Waals surface area (Å²) in [4.78, 5) is 10.9. The highest BCUT2D eigenvalue weighted by Gasteiger charge is 2.67. The zero-order valence-corrected chi connectivity index (χ0v) is 6.03. The standard InChI is InChI=1S/C8H12O/c1-6(9)8-3-7(2,4-8)5-8/h3-5H2,1-2H3. The molecule has 0 spiro atoms. The fourth-order valence-electron chi connectivity index (χ4n) is 2.67. The van der Waals surface area contributed by atoms with Crippen molar-refractivity contribution in [3.63, 3.8) is 0 Å². The van der Waals surface area contributed by atoms with E-state index in [1.807, 2.05) is 0 Å². The minimum atomic E-state index is 0.189. The van der Waals surface area contributed by atoms with Gasteiger partial charge in [0.1, 0.15) is 5.78 Å². The molecule has 3 fully saturated rings. The maximum absolute atomic E-state index is 10.9. The first-order valence-electron chi connectivity index (χ1n) is 3.58. The highest BCUT2D eigenvalue weighted by molar-refractivity contribution is 5.86. The van der Waals surface area contributed by atoms with Gasteiger partial charge in [0.2, 0.25) is 0 Å². The topological polar surface area (TPSA) is 17.1 Å².